The Kier molecular flexibility index (Phi) is 5.92. The fourth-order valence-electron chi connectivity index (χ4n) is 1.37. The summed E-state index contributed by atoms with van der Waals surface area (Å²) in [7, 11) is 0. The Hall–Kier alpha value is -1.29. The van der Waals surface area contributed by atoms with Gasteiger partial charge >= 0.3 is 0 Å². The van der Waals surface area contributed by atoms with Gasteiger partial charge in [0.1, 0.15) is 5.82 Å². The third-order valence-corrected chi connectivity index (χ3v) is 2.74. The molecular formula is C13H18ClFN2O. The number of nitrogens with one attached hydrogen (secondary N) is 2. The van der Waals surface area contributed by atoms with Crippen molar-refractivity contribution in [2.75, 3.05) is 18.4 Å². The first-order chi connectivity index (χ1) is 8.49. The van der Waals surface area contributed by atoms with Gasteiger partial charge in [0.2, 0.25) is 5.91 Å². The third-order valence-electron chi connectivity index (χ3n) is 2.41. The smallest absolute Gasteiger partial charge is 0.239 e. The molecule has 1 amide bonds. The second kappa shape index (κ2) is 7.21. The van der Waals surface area contributed by atoms with Gasteiger partial charge in [0.05, 0.1) is 17.3 Å². The SMILES string of the molecule is CC(C)CCNC(=O)CNc1cc(F)ccc1Cl. The number of hydrogen-bond donors (Lipinski definition) is 2. The lowest BCUT2D eigenvalue weighted by Crippen LogP contribution is -2.31. The predicted molar refractivity (Wildman–Crippen MR) is 72.4 cm³/mol. The van der Waals surface area contributed by atoms with Gasteiger partial charge < -0.3 is 10.6 Å². The topological polar surface area (TPSA) is 41.1 Å². The molecule has 0 unspecified atom stereocenters. The van der Waals surface area contributed by atoms with Gasteiger partial charge in [-0.25, -0.2) is 4.39 Å². The normalized spacial score (nSPS) is 10.5. The lowest BCUT2D eigenvalue weighted by atomic mass is 10.1. The highest BCUT2D eigenvalue weighted by molar-refractivity contribution is 6.33. The van der Waals surface area contributed by atoms with E-state index in [1.54, 1.807) is 0 Å². The molecule has 2 N–H and O–H groups in total. The van der Waals surface area contributed by atoms with Gasteiger partial charge in [-0.2, -0.15) is 0 Å². The van der Waals surface area contributed by atoms with Crippen LogP contribution in [0.25, 0.3) is 0 Å². The molecule has 0 aliphatic rings. The van der Waals surface area contributed by atoms with Crippen molar-refractivity contribution in [3.63, 3.8) is 0 Å². The lowest BCUT2D eigenvalue weighted by molar-refractivity contribution is -0.119. The van der Waals surface area contributed by atoms with Crippen molar-refractivity contribution in [3.05, 3.63) is 29.0 Å². The largest absolute Gasteiger partial charge is 0.375 e. The molecular weight excluding hydrogens is 255 g/mol. The molecule has 0 saturated carbocycles. The first-order valence-corrected chi connectivity index (χ1v) is 6.32. The van der Waals surface area contributed by atoms with Crippen LogP contribution < -0.4 is 10.6 Å². The molecule has 0 radical (unpaired) electrons. The van der Waals surface area contributed by atoms with Gasteiger partial charge in [0.15, 0.2) is 0 Å². The minimum absolute atomic E-state index is 0.0846. The minimum atomic E-state index is -0.387. The number of carbonyl (C=O) groups excluding carboxylic acids is 1. The Balaban J connectivity index is 2.36. The Labute approximate surface area is 112 Å². The van der Waals surface area contributed by atoms with E-state index < -0.39 is 0 Å². The van der Waals surface area contributed by atoms with Crippen LogP contribution in [-0.4, -0.2) is 19.0 Å². The molecule has 18 heavy (non-hydrogen) atoms. The van der Waals surface area contributed by atoms with Crippen LogP contribution in [0.1, 0.15) is 20.3 Å². The summed E-state index contributed by atoms with van der Waals surface area (Å²) in [5.41, 5.74) is 0.427. The zero-order chi connectivity index (χ0) is 13.5. The molecule has 0 atom stereocenters. The van der Waals surface area contributed by atoms with Crippen molar-refractivity contribution in [2.24, 2.45) is 5.92 Å². The monoisotopic (exact) mass is 272 g/mol. The Morgan fingerprint density at radius 3 is 2.83 bits per heavy atom. The number of carbonyl (C=O) groups is 1. The minimum Gasteiger partial charge on any atom is -0.375 e. The highest BCUT2D eigenvalue weighted by atomic mass is 35.5. The van der Waals surface area contributed by atoms with Crippen molar-refractivity contribution < 1.29 is 9.18 Å². The number of hydrogen-bond acceptors (Lipinski definition) is 2. The zero-order valence-corrected chi connectivity index (χ0v) is 11.4. The number of rotatable bonds is 6. The van der Waals surface area contributed by atoms with E-state index in [0.717, 1.165) is 6.42 Å². The number of benzene rings is 1. The molecule has 100 valence electrons. The average molecular weight is 273 g/mol. The van der Waals surface area contributed by atoms with E-state index >= 15 is 0 Å². The van der Waals surface area contributed by atoms with Gasteiger partial charge in [0.25, 0.3) is 0 Å². The van der Waals surface area contributed by atoms with Crippen LogP contribution in [-0.2, 0) is 4.79 Å². The van der Waals surface area contributed by atoms with Crippen molar-refractivity contribution >= 4 is 23.2 Å². The molecule has 3 nitrogen and oxygen atoms in total. The van der Waals surface area contributed by atoms with Crippen LogP contribution in [0.4, 0.5) is 10.1 Å². The maximum atomic E-state index is 13.0. The molecule has 0 fully saturated rings. The molecule has 5 heteroatoms. The summed E-state index contributed by atoms with van der Waals surface area (Å²) in [6, 6.07) is 4.00. The van der Waals surface area contributed by atoms with Crippen molar-refractivity contribution in [3.8, 4) is 0 Å². The van der Waals surface area contributed by atoms with Gasteiger partial charge in [0, 0.05) is 6.54 Å². The number of amides is 1. The van der Waals surface area contributed by atoms with E-state index in [1.165, 1.54) is 18.2 Å². The summed E-state index contributed by atoms with van der Waals surface area (Å²) >= 11 is 5.86. The fraction of sp³-hybridized carbons (Fsp3) is 0.462. The van der Waals surface area contributed by atoms with E-state index in [4.69, 9.17) is 11.6 Å². The summed E-state index contributed by atoms with van der Waals surface area (Å²) < 4.78 is 13.0. The van der Waals surface area contributed by atoms with Gasteiger partial charge in [-0.15, -0.1) is 0 Å². The second-order valence-electron chi connectivity index (χ2n) is 4.51. The quantitative estimate of drug-likeness (QED) is 0.836. The summed E-state index contributed by atoms with van der Waals surface area (Å²) in [5.74, 6) is 0.0361. The van der Waals surface area contributed by atoms with Crippen LogP contribution in [0.3, 0.4) is 0 Å². The molecule has 1 aromatic carbocycles. The second-order valence-corrected chi connectivity index (χ2v) is 4.92. The molecule has 0 bridgehead atoms. The van der Waals surface area contributed by atoms with Crippen molar-refractivity contribution in [2.45, 2.75) is 20.3 Å². The molecule has 1 aromatic rings. The fourth-order valence-corrected chi connectivity index (χ4v) is 1.56. The zero-order valence-electron chi connectivity index (χ0n) is 10.6. The van der Waals surface area contributed by atoms with Crippen LogP contribution in [0, 0.1) is 11.7 Å². The number of halogens is 2. The van der Waals surface area contributed by atoms with Gasteiger partial charge in [-0.1, -0.05) is 25.4 Å². The Morgan fingerprint density at radius 2 is 2.17 bits per heavy atom. The maximum Gasteiger partial charge on any atom is 0.239 e. The van der Waals surface area contributed by atoms with Crippen molar-refractivity contribution in [1.29, 1.82) is 0 Å². The molecule has 0 aliphatic carbocycles. The molecule has 0 aliphatic heterocycles. The highest BCUT2D eigenvalue weighted by Gasteiger charge is 2.05. The van der Waals surface area contributed by atoms with E-state index in [1.807, 2.05) is 0 Å². The van der Waals surface area contributed by atoms with E-state index in [2.05, 4.69) is 24.5 Å². The molecule has 0 spiro atoms. The molecule has 0 heterocycles. The molecule has 1 rings (SSSR count). The van der Waals surface area contributed by atoms with E-state index in [9.17, 15) is 9.18 Å². The summed E-state index contributed by atoms with van der Waals surface area (Å²) in [6.07, 6.45) is 0.937. The van der Waals surface area contributed by atoms with Crippen LogP contribution in [0.15, 0.2) is 18.2 Å². The summed E-state index contributed by atoms with van der Waals surface area (Å²) in [4.78, 5) is 11.5. The first-order valence-electron chi connectivity index (χ1n) is 5.94. The summed E-state index contributed by atoms with van der Waals surface area (Å²) in [5, 5.41) is 5.98. The Morgan fingerprint density at radius 1 is 1.44 bits per heavy atom. The number of anilines is 1. The van der Waals surface area contributed by atoms with E-state index in [0.29, 0.717) is 23.2 Å². The predicted octanol–water partition coefficient (Wildman–Crippen LogP) is 3.05. The summed E-state index contributed by atoms with van der Waals surface area (Å²) in [6.45, 7) is 4.92. The lowest BCUT2D eigenvalue weighted by Gasteiger charge is -2.10. The van der Waals surface area contributed by atoms with Gasteiger partial charge in [-0.05, 0) is 30.5 Å². The average Bonchev–Trinajstić information content (AvgIpc) is 2.30. The van der Waals surface area contributed by atoms with Crippen LogP contribution in [0.2, 0.25) is 5.02 Å². The van der Waals surface area contributed by atoms with E-state index in [-0.39, 0.29) is 18.3 Å². The highest BCUT2D eigenvalue weighted by Crippen LogP contribution is 2.21. The Bertz CT molecular complexity index is 410. The van der Waals surface area contributed by atoms with Crippen LogP contribution in [0.5, 0.6) is 0 Å². The van der Waals surface area contributed by atoms with Crippen molar-refractivity contribution in [1.82, 2.24) is 5.32 Å². The maximum absolute atomic E-state index is 13.0. The molecule has 0 aromatic heterocycles. The first kappa shape index (κ1) is 14.8. The third kappa shape index (κ3) is 5.36. The van der Waals surface area contributed by atoms with Crippen LogP contribution >= 0.6 is 11.6 Å². The van der Waals surface area contributed by atoms with Gasteiger partial charge in [-0.3, -0.25) is 4.79 Å². The standard InChI is InChI=1S/C13H18ClFN2O/c1-9(2)5-6-16-13(18)8-17-12-7-10(15)3-4-11(12)14/h3-4,7,9,17H,5-6,8H2,1-2H3,(H,16,18). The molecule has 0 saturated heterocycles.